The Bertz CT molecular complexity index is 535. The average molecular weight is 318 g/mol. The van der Waals surface area contributed by atoms with Crippen molar-refractivity contribution in [3.05, 3.63) is 37.0 Å². The number of aliphatic carboxylic acids is 1. The van der Waals surface area contributed by atoms with Gasteiger partial charge in [0, 0.05) is 0 Å². The van der Waals surface area contributed by atoms with Gasteiger partial charge in [0.15, 0.2) is 0 Å². The molecule has 2 aliphatic carbocycles. The summed E-state index contributed by atoms with van der Waals surface area (Å²) in [6, 6.07) is 0. The van der Waals surface area contributed by atoms with Crippen molar-refractivity contribution in [3.8, 4) is 0 Å². The lowest BCUT2D eigenvalue weighted by Crippen LogP contribution is -2.53. The number of allylic oxidation sites excluding steroid dienone is 1. The van der Waals surface area contributed by atoms with E-state index in [0.717, 1.165) is 37.7 Å². The second-order valence-electron chi connectivity index (χ2n) is 7.91. The molecule has 2 aliphatic rings. The summed E-state index contributed by atoms with van der Waals surface area (Å²) in [5, 5.41) is 20.2. The third-order valence-corrected chi connectivity index (χ3v) is 6.66. The minimum absolute atomic E-state index is 0.122. The van der Waals surface area contributed by atoms with Gasteiger partial charge in [0.25, 0.3) is 0 Å². The molecular formula is C20H30O3. The van der Waals surface area contributed by atoms with Crippen LogP contribution in [0.5, 0.6) is 0 Å². The fourth-order valence-corrected chi connectivity index (χ4v) is 5.15. The van der Waals surface area contributed by atoms with Crippen molar-refractivity contribution in [1.82, 2.24) is 0 Å². The quantitative estimate of drug-likeness (QED) is 0.585. The molecule has 3 nitrogen and oxygen atoms in total. The van der Waals surface area contributed by atoms with Gasteiger partial charge >= 0.3 is 5.97 Å². The third kappa shape index (κ3) is 2.91. The summed E-state index contributed by atoms with van der Waals surface area (Å²) in [5.74, 6) is -0.427. The molecule has 4 unspecified atom stereocenters. The van der Waals surface area contributed by atoms with E-state index in [9.17, 15) is 15.0 Å². The van der Waals surface area contributed by atoms with Gasteiger partial charge in [0.2, 0.25) is 0 Å². The van der Waals surface area contributed by atoms with Crippen LogP contribution in [0, 0.1) is 22.7 Å². The normalized spacial score (nSPS) is 38.5. The van der Waals surface area contributed by atoms with Gasteiger partial charge in [-0.05, 0) is 61.9 Å². The Morgan fingerprint density at radius 2 is 2.09 bits per heavy atom. The first-order valence-corrected chi connectivity index (χ1v) is 8.57. The summed E-state index contributed by atoms with van der Waals surface area (Å²) >= 11 is 0. The summed E-state index contributed by atoms with van der Waals surface area (Å²) < 4.78 is 0. The second-order valence-corrected chi connectivity index (χ2v) is 7.91. The molecule has 2 rings (SSSR count). The Labute approximate surface area is 139 Å². The van der Waals surface area contributed by atoms with Gasteiger partial charge in [0.05, 0.1) is 11.5 Å². The number of rotatable bonds is 5. The molecule has 0 radical (unpaired) electrons. The SMILES string of the molecule is C=CC(=C)C(O)CC1C(=C)CCC2C(C)(C(=O)O)CCC[C@]12C. The lowest BCUT2D eigenvalue weighted by Gasteiger charge is -2.57. The van der Waals surface area contributed by atoms with Crippen molar-refractivity contribution in [1.29, 1.82) is 0 Å². The van der Waals surface area contributed by atoms with E-state index in [0.29, 0.717) is 12.0 Å². The van der Waals surface area contributed by atoms with Gasteiger partial charge in [-0.3, -0.25) is 4.79 Å². The van der Waals surface area contributed by atoms with Gasteiger partial charge in [-0.1, -0.05) is 44.7 Å². The standard InChI is InChI=1S/C20H30O3/c1-6-13(2)16(21)12-15-14(3)8-9-17-19(15,4)10-7-11-20(17,5)18(22)23/h6,15-17,21H,1-3,7-12H2,4-5H3,(H,22,23)/t15?,16?,17?,19-,20?/m1/s1. The van der Waals surface area contributed by atoms with E-state index in [4.69, 9.17) is 0 Å². The van der Waals surface area contributed by atoms with Crippen molar-refractivity contribution < 1.29 is 15.0 Å². The molecule has 0 heterocycles. The molecule has 0 aromatic carbocycles. The molecule has 3 heteroatoms. The number of fused-ring (bicyclic) bond motifs is 1. The van der Waals surface area contributed by atoms with Crippen molar-refractivity contribution >= 4 is 5.97 Å². The first kappa shape index (κ1) is 18.0. The number of aliphatic hydroxyl groups is 1. The smallest absolute Gasteiger partial charge is 0.309 e. The summed E-state index contributed by atoms with van der Waals surface area (Å²) in [5.41, 5.74) is 0.977. The molecule has 0 aromatic heterocycles. The van der Waals surface area contributed by atoms with Crippen LogP contribution in [0.3, 0.4) is 0 Å². The number of hydrogen-bond donors (Lipinski definition) is 2. The van der Waals surface area contributed by atoms with E-state index < -0.39 is 17.5 Å². The minimum atomic E-state index is -0.685. The molecule has 0 aromatic rings. The molecular weight excluding hydrogens is 288 g/mol. The number of hydrogen-bond acceptors (Lipinski definition) is 2. The Balaban J connectivity index is 2.35. The monoisotopic (exact) mass is 318 g/mol. The summed E-state index contributed by atoms with van der Waals surface area (Å²) in [6.07, 6.45) is 5.90. The van der Waals surface area contributed by atoms with Crippen LogP contribution in [0.25, 0.3) is 0 Å². The summed E-state index contributed by atoms with van der Waals surface area (Å²) in [6.45, 7) is 15.9. The van der Waals surface area contributed by atoms with Crippen LogP contribution in [0.4, 0.5) is 0 Å². The van der Waals surface area contributed by atoms with Crippen LogP contribution < -0.4 is 0 Å². The van der Waals surface area contributed by atoms with E-state index in [1.165, 1.54) is 0 Å². The van der Waals surface area contributed by atoms with Crippen molar-refractivity contribution in [2.75, 3.05) is 0 Å². The van der Waals surface area contributed by atoms with Crippen LogP contribution in [0.2, 0.25) is 0 Å². The number of aliphatic hydroxyl groups excluding tert-OH is 1. The fourth-order valence-electron chi connectivity index (χ4n) is 5.15. The zero-order valence-corrected chi connectivity index (χ0v) is 14.5. The zero-order valence-electron chi connectivity index (χ0n) is 14.5. The van der Waals surface area contributed by atoms with E-state index in [1.807, 2.05) is 6.92 Å². The highest BCUT2D eigenvalue weighted by Gasteiger charge is 2.57. The molecule has 0 amide bonds. The summed E-state index contributed by atoms with van der Waals surface area (Å²) in [4.78, 5) is 11.9. The van der Waals surface area contributed by atoms with E-state index in [1.54, 1.807) is 6.08 Å². The molecule has 2 N–H and O–H groups in total. The van der Waals surface area contributed by atoms with Crippen LogP contribution in [0.15, 0.2) is 37.0 Å². The van der Waals surface area contributed by atoms with Crippen molar-refractivity contribution in [2.45, 2.75) is 58.5 Å². The molecule has 23 heavy (non-hydrogen) atoms. The molecule has 5 atom stereocenters. The van der Waals surface area contributed by atoms with Crippen LogP contribution in [-0.2, 0) is 4.79 Å². The summed E-state index contributed by atoms with van der Waals surface area (Å²) in [7, 11) is 0. The predicted octanol–water partition coefficient (Wildman–Crippen LogP) is 4.34. The maximum atomic E-state index is 11.9. The first-order valence-electron chi connectivity index (χ1n) is 8.57. The first-order chi connectivity index (χ1) is 10.7. The van der Waals surface area contributed by atoms with E-state index >= 15 is 0 Å². The lowest BCUT2D eigenvalue weighted by atomic mass is 9.46. The molecule has 0 saturated heterocycles. The van der Waals surface area contributed by atoms with E-state index in [-0.39, 0.29) is 17.3 Å². The molecule has 2 saturated carbocycles. The largest absolute Gasteiger partial charge is 0.481 e. The highest BCUT2D eigenvalue weighted by Crippen LogP contribution is 2.62. The minimum Gasteiger partial charge on any atom is -0.481 e. The molecule has 0 spiro atoms. The average Bonchev–Trinajstić information content (AvgIpc) is 2.49. The molecule has 128 valence electrons. The lowest BCUT2D eigenvalue weighted by molar-refractivity contribution is -0.164. The van der Waals surface area contributed by atoms with E-state index in [2.05, 4.69) is 26.7 Å². The number of carbonyl (C=O) groups is 1. The Morgan fingerprint density at radius 3 is 2.65 bits per heavy atom. The maximum absolute atomic E-state index is 11.9. The fraction of sp³-hybridized carbons (Fsp3) is 0.650. The van der Waals surface area contributed by atoms with Crippen molar-refractivity contribution in [2.24, 2.45) is 22.7 Å². The number of carboxylic acid groups (broad SMARTS) is 1. The third-order valence-electron chi connectivity index (χ3n) is 6.66. The molecule has 0 aliphatic heterocycles. The van der Waals surface area contributed by atoms with Crippen LogP contribution in [-0.4, -0.2) is 22.3 Å². The Hall–Kier alpha value is -1.35. The molecule has 2 fully saturated rings. The van der Waals surface area contributed by atoms with Gasteiger partial charge in [-0.2, -0.15) is 0 Å². The number of carboxylic acids is 1. The second kappa shape index (κ2) is 6.27. The van der Waals surface area contributed by atoms with Crippen LogP contribution in [0.1, 0.15) is 52.4 Å². The van der Waals surface area contributed by atoms with Gasteiger partial charge < -0.3 is 10.2 Å². The Morgan fingerprint density at radius 1 is 1.43 bits per heavy atom. The highest BCUT2D eigenvalue weighted by atomic mass is 16.4. The van der Waals surface area contributed by atoms with Gasteiger partial charge in [-0.25, -0.2) is 0 Å². The topological polar surface area (TPSA) is 57.5 Å². The predicted molar refractivity (Wildman–Crippen MR) is 93.0 cm³/mol. The molecule has 0 bridgehead atoms. The highest BCUT2D eigenvalue weighted by molar-refractivity contribution is 5.75. The van der Waals surface area contributed by atoms with Crippen molar-refractivity contribution in [3.63, 3.8) is 0 Å². The van der Waals surface area contributed by atoms with Gasteiger partial charge in [-0.15, -0.1) is 0 Å². The maximum Gasteiger partial charge on any atom is 0.309 e. The van der Waals surface area contributed by atoms with Gasteiger partial charge in [0.1, 0.15) is 0 Å². The Kier molecular flexibility index (Phi) is 4.91. The zero-order chi connectivity index (χ0) is 17.4. The van der Waals surface area contributed by atoms with Crippen LogP contribution >= 0.6 is 0 Å².